The van der Waals surface area contributed by atoms with Gasteiger partial charge in [-0.05, 0) is 62.8 Å². The summed E-state index contributed by atoms with van der Waals surface area (Å²) >= 11 is 0. The minimum atomic E-state index is -0.123. The highest BCUT2D eigenvalue weighted by atomic mass is 16.2. The third kappa shape index (κ3) is 6.58. The van der Waals surface area contributed by atoms with Gasteiger partial charge in [0.25, 0.3) is 0 Å². The topological polar surface area (TPSA) is 87.3 Å². The largest absolute Gasteiger partial charge is 0.353 e. The van der Waals surface area contributed by atoms with E-state index in [1.165, 1.54) is 32.6 Å². The van der Waals surface area contributed by atoms with Crippen LogP contribution in [0, 0.1) is 11.8 Å². The lowest BCUT2D eigenvalue weighted by Crippen LogP contribution is -2.40. The molecule has 0 aromatic heterocycles. The molecule has 0 radical (unpaired) electrons. The molecule has 3 rings (SSSR count). The van der Waals surface area contributed by atoms with E-state index in [9.17, 15) is 14.4 Å². The highest BCUT2D eigenvalue weighted by Crippen LogP contribution is 2.30. The molecule has 1 aromatic rings. The lowest BCUT2D eigenvalue weighted by Gasteiger charge is -2.28. The van der Waals surface area contributed by atoms with Crippen LogP contribution in [0.3, 0.4) is 0 Å². The summed E-state index contributed by atoms with van der Waals surface area (Å²) in [5.41, 5.74) is 1.42. The number of nitrogens with one attached hydrogen (secondary N) is 3. The van der Waals surface area contributed by atoms with Gasteiger partial charge in [-0.1, -0.05) is 25.7 Å². The number of rotatable bonds is 5. The molecule has 2 aliphatic carbocycles. The van der Waals surface area contributed by atoms with Crippen LogP contribution in [0.1, 0.15) is 71.1 Å². The van der Waals surface area contributed by atoms with Crippen LogP contribution < -0.4 is 16.0 Å². The molecule has 0 heterocycles. The maximum atomic E-state index is 12.6. The average Bonchev–Trinajstić information content (AvgIpc) is 2.98. The second-order valence-corrected chi connectivity index (χ2v) is 8.49. The molecule has 0 saturated heterocycles. The van der Waals surface area contributed by atoms with Gasteiger partial charge in [0.15, 0.2) is 0 Å². The Morgan fingerprint density at radius 2 is 1.17 bits per heavy atom. The summed E-state index contributed by atoms with van der Waals surface area (Å²) in [6.07, 6.45) is 10.2. The molecule has 6 nitrogen and oxygen atoms in total. The van der Waals surface area contributed by atoms with Gasteiger partial charge < -0.3 is 16.0 Å². The van der Waals surface area contributed by atoms with Crippen molar-refractivity contribution in [2.75, 3.05) is 10.6 Å². The van der Waals surface area contributed by atoms with Gasteiger partial charge >= 0.3 is 0 Å². The molecular weight excluding hydrogens is 366 g/mol. The zero-order chi connectivity index (χ0) is 20.6. The average molecular weight is 400 g/mol. The lowest BCUT2D eigenvalue weighted by molar-refractivity contribution is -0.129. The molecule has 1 aromatic carbocycles. The molecule has 158 valence electrons. The molecule has 0 spiro atoms. The first-order valence-corrected chi connectivity index (χ1v) is 11.0. The van der Waals surface area contributed by atoms with Crippen LogP contribution >= 0.6 is 0 Å². The lowest BCUT2D eigenvalue weighted by atomic mass is 9.81. The maximum absolute atomic E-state index is 12.6. The molecule has 6 heteroatoms. The van der Waals surface area contributed by atoms with Crippen molar-refractivity contribution in [3.8, 4) is 0 Å². The number of hydrogen-bond acceptors (Lipinski definition) is 3. The molecule has 2 fully saturated rings. The number of anilines is 2. The van der Waals surface area contributed by atoms with Crippen LogP contribution in [0.5, 0.6) is 0 Å². The standard InChI is InChI=1S/C23H33N3O3/c1-16(27)24-20-12-14-21(15-13-20)26-23(29)18-10-8-17(9-11-18)22(28)25-19-6-4-2-3-5-7-19/h12-15,17-19H,2-11H2,1H3,(H,24,27)(H,25,28)(H,26,29). The zero-order valence-corrected chi connectivity index (χ0v) is 17.3. The monoisotopic (exact) mass is 399 g/mol. The Bertz CT molecular complexity index is 701. The molecule has 0 bridgehead atoms. The van der Waals surface area contributed by atoms with E-state index in [2.05, 4.69) is 16.0 Å². The maximum Gasteiger partial charge on any atom is 0.227 e. The van der Waals surface area contributed by atoms with Crippen LogP contribution in [-0.4, -0.2) is 23.8 Å². The Morgan fingerprint density at radius 3 is 1.69 bits per heavy atom. The van der Waals surface area contributed by atoms with E-state index in [0.717, 1.165) is 44.2 Å². The van der Waals surface area contributed by atoms with Gasteiger partial charge in [0, 0.05) is 36.2 Å². The van der Waals surface area contributed by atoms with E-state index >= 15 is 0 Å². The summed E-state index contributed by atoms with van der Waals surface area (Å²) in [4.78, 5) is 36.3. The van der Waals surface area contributed by atoms with Gasteiger partial charge in [0.2, 0.25) is 17.7 Å². The first kappa shape index (κ1) is 21.3. The molecule has 2 aliphatic rings. The second kappa shape index (κ2) is 10.4. The summed E-state index contributed by atoms with van der Waals surface area (Å²) in [6.45, 7) is 1.46. The number of carbonyl (C=O) groups excluding carboxylic acids is 3. The van der Waals surface area contributed by atoms with E-state index in [-0.39, 0.29) is 29.6 Å². The molecule has 0 aliphatic heterocycles. The summed E-state index contributed by atoms with van der Waals surface area (Å²) in [5, 5.41) is 8.93. The minimum absolute atomic E-state index is 0.0138. The van der Waals surface area contributed by atoms with Crippen molar-refractivity contribution >= 4 is 29.1 Å². The van der Waals surface area contributed by atoms with Gasteiger partial charge in [-0.25, -0.2) is 0 Å². The smallest absolute Gasteiger partial charge is 0.227 e. The first-order valence-electron chi connectivity index (χ1n) is 11.0. The Labute approximate surface area is 173 Å². The van der Waals surface area contributed by atoms with Crippen molar-refractivity contribution in [3.63, 3.8) is 0 Å². The highest BCUT2D eigenvalue weighted by molar-refractivity contribution is 5.93. The third-order valence-corrected chi connectivity index (χ3v) is 6.14. The molecule has 0 atom stereocenters. The summed E-state index contributed by atoms with van der Waals surface area (Å²) in [7, 11) is 0. The molecule has 3 amide bonds. The predicted molar refractivity (Wildman–Crippen MR) is 114 cm³/mol. The minimum Gasteiger partial charge on any atom is -0.353 e. The van der Waals surface area contributed by atoms with Crippen molar-refractivity contribution < 1.29 is 14.4 Å². The van der Waals surface area contributed by atoms with Gasteiger partial charge in [-0.2, -0.15) is 0 Å². The van der Waals surface area contributed by atoms with Crippen LogP contribution in [0.2, 0.25) is 0 Å². The molecular formula is C23H33N3O3. The fourth-order valence-corrected chi connectivity index (χ4v) is 4.45. The number of amides is 3. The fraction of sp³-hybridized carbons (Fsp3) is 0.609. The van der Waals surface area contributed by atoms with Gasteiger partial charge in [0.1, 0.15) is 0 Å². The number of carbonyl (C=O) groups is 3. The zero-order valence-electron chi connectivity index (χ0n) is 17.3. The van der Waals surface area contributed by atoms with Crippen LogP contribution in [0.4, 0.5) is 11.4 Å². The van der Waals surface area contributed by atoms with E-state index in [4.69, 9.17) is 0 Å². The Morgan fingerprint density at radius 1 is 0.690 bits per heavy atom. The highest BCUT2D eigenvalue weighted by Gasteiger charge is 2.30. The van der Waals surface area contributed by atoms with Gasteiger partial charge in [0.05, 0.1) is 0 Å². The van der Waals surface area contributed by atoms with Crippen LogP contribution in [0.15, 0.2) is 24.3 Å². The molecule has 29 heavy (non-hydrogen) atoms. The SMILES string of the molecule is CC(=O)Nc1ccc(NC(=O)C2CCC(C(=O)NC3CCCCCC3)CC2)cc1. The van der Waals surface area contributed by atoms with E-state index in [0.29, 0.717) is 11.7 Å². The third-order valence-electron chi connectivity index (χ3n) is 6.14. The Balaban J connectivity index is 1.42. The van der Waals surface area contributed by atoms with Crippen molar-refractivity contribution in [1.82, 2.24) is 5.32 Å². The van der Waals surface area contributed by atoms with E-state index < -0.39 is 0 Å². The fourth-order valence-electron chi connectivity index (χ4n) is 4.45. The Kier molecular flexibility index (Phi) is 7.67. The van der Waals surface area contributed by atoms with Crippen molar-refractivity contribution in [2.24, 2.45) is 11.8 Å². The summed E-state index contributed by atoms with van der Waals surface area (Å²) in [6, 6.07) is 7.45. The van der Waals surface area contributed by atoms with Crippen LogP contribution in [-0.2, 0) is 14.4 Å². The molecule has 3 N–H and O–H groups in total. The van der Waals surface area contributed by atoms with Crippen LogP contribution in [0.25, 0.3) is 0 Å². The number of hydrogen-bond donors (Lipinski definition) is 3. The van der Waals surface area contributed by atoms with Crippen molar-refractivity contribution in [2.45, 2.75) is 77.2 Å². The normalized spacial score (nSPS) is 22.9. The first-order chi connectivity index (χ1) is 14.0. The van der Waals surface area contributed by atoms with Gasteiger partial charge in [-0.3, -0.25) is 14.4 Å². The Hall–Kier alpha value is -2.37. The van der Waals surface area contributed by atoms with Gasteiger partial charge in [-0.15, -0.1) is 0 Å². The molecule has 0 unspecified atom stereocenters. The van der Waals surface area contributed by atoms with E-state index in [1.54, 1.807) is 24.3 Å². The summed E-state index contributed by atoms with van der Waals surface area (Å²) < 4.78 is 0. The predicted octanol–water partition coefficient (Wildman–Crippen LogP) is 4.23. The quantitative estimate of drug-likeness (QED) is 0.648. The number of benzene rings is 1. The van der Waals surface area contributed by atoms with E-state index in [1.807, 2.05) is 0 Å². The van der Waals surface area contributed by atoms with Crippen molar-refractivity contribution in [3.05, 3.63) is 24.3 Å². The summed E-state index contributed by atoms with van der Waals surface area (Å²) in [5.74, 6) is 0.0667. The van der Waals surface area contributed by atoms with Crippen molar-refractivity contribution in [1.29, 1.82) is 0 Å². The molecule has 2 saturated carbocycles. The second-order valence-electron chi connectivity index (χ2n) is 8.49.